The molecule has 17 heavy (non-hydrogen) atoms. The summed E-state index contributed by atoms with van der Waals surface area (Å²) in [6, 6.07) is 2.80. The number of aromatic amines is 1. The van der Waals surface area contributed by atoms with Crippen LogP contribution in [0.2, 0.25) is 0 Å². The predicted octanol–water partition coefficient (Wildman–Crippen LogP) is 1.62. The van der Waals surface area contributed by atoms with E-state index in [4.69, 9.17) is 0 Å². The molecule has 2 aromatic rings. The Morgan fingerprint density at radius 3 is 2.65 bits per heavy atom. The Morgan fingerprint density at radius 1 is 1.35 bits per heavy atom. The standard InChI is InChI=1S/C10H8F3N3O/c11-10(12,13)9(3-4-9)6-1-2-7-14-15-8(17)16(7)5-6/h1-2,5H,3-4H2,(H,15,17). The van der Waals surface area contributed by atoms with Crippen LogP contribution in [0.15, 0.2) is 23.1 Å². The first-order chi connectivity index (χ1) is 7.94. The minimum Gasteiger partial charge on any atom is -0.250 e. The molecule has 7 heteroatoms. The molecule has 1 aliphatic carbocycles. The van der Waals surface area contributed by atoms with E-state index in [0.717, 1.165) is 4.40 Å². The molecule has 0 spiro atoms. The van der Waals surface area contributed by atoms with Crippen LogP contribution in [0.3, 0.4) is 0 Å². The molecule has 3 rings (SSSR count). The lowest BCUT2D eigenvalue weighted by molar-refractivity contribution is -0.160. The summed E-state index contributed by atoms with van der Waals surface area (Å²) in [6.07, 6.45) is -2.89. The lowest BCUT2D eigenvalue weighted by atomic mass is 9.97. The van der Waals surface area contributed by atoms with Crippen LogP contribution in [0.4, 0.5) is 13.2 Å². The molecule has 0 aromatic carbocycles. The Hall–Kier alpha value is -1.79. The van der Waals surface area contributed by atoms with Crippen LogP contribution in [-0.2, 0) is 5.41 Å². The van der Waals surface area contributed by atoms with Crippen LogP contribution in [0.5, 0.6) is 0 Å². The highest BCUT2D eigenvalue weighted by atomic mass is 19.4. The maximum absolute atomic E-state index is 12.9. The summed E-state index contributed by atoms with van der Waals surface area (Å²) in [6.45, 7) is 0. The maximum atomic E-state index is 12.9. The first-order valence-corrected chi connectivity index (χ1v) is 5.08. The van der Waals surface area contributed by atoms with Gasteiger partial charge < -0.3 is 0 Å². The number of fused-ring (bicyclic) bond motifs is 1. The lowest BCUT2D eigenvalue weighted by Gasteiger charge is -2.19. The third-order valence-electron chi connectivity index (χ3n) is 3.26. The number of hydrogen-bond acceptors (Lipinski definition) is 2. The van der Waals surface area contributed by atoms with E-state index in [1.54, 1.807) is 0 Å². The van der Waals surface area contributed by atoms with Crippen LogP contribution in [-0.4, -0.2) is 20.8 Å². The number of aromatic nitrogens is 3. The first kappa shape index (κ1) is 10.4. The third-order valence-corrected chi connectivity index (χ3v) is 3.26. The smallest absolute Gasteiger partial charge is 0.250 e. The van der Waals surface area contributed by atoms with Gasteiger partial charge in [-0.25, -0.2) is 9.89 Å². The van der Waals surface area contributed by atoms with Crippen molar-refractivity contribution in [3.8, 4) is 0 Å². The van der Waals surface area contributed by atoms with E-state index >= 15 is 0 Å². The second-order valence-electron chi connectivity index (χ2n) is 4.25. The van der Waals surface area contributed by atoms with E-state index in [0.29, 0.717) is 5.65 Å². The van der Waals surface area contributed by atoms with Crippen molar-refractivity contribution in [3.05, 3.63) is 34.4 Å². The molecule has 0 saturated heterocycles. The van der Waals surface area contributed by atoms with Crippen molar-refractivity contribution in [1.82, 2.24) is 14.6 Å². The molecule has 1 saturated carbocycles. The quantitative estimate of drug-likeness (QED) is 0.827. The fourth-order valence-electron chi connectivity index (χ4n) is 2.05. The normalized spacial score (nSPS) is 18.5. The van der Waals surface area contributed by atoms with Crippen LogP contribution < -0.4 is 5.69 Å². The average Bonchev–Trinajstić information content (AvgIpc) is 3.00. The minimum atomic E-state index is -4.27. The molecule has 1 N–H and O–H groups in total. The summed E-state index contributed by atoms with van der Waals surface area (Å²) in [5.41, 5.74) is -1.85. The molecular weight excluding hydrogens is 235 g/mol. The maximum Gasteiger partial charge on any atom is 0.398 e. The SMILES string of the molecule is O=c1[nH]nc2ccc(C3(C(F)(F)F)CC3)cn12. The Morgan fingerprint density at radius 2 is 2.06 bits per heavy atom. The van der Waals surface area contributed by atoms with E-state index in [1.807, 2.05) is 0 Å². The summed E-state index contributed by atoms with van der Waals surface area (Å²) in [4.78, 5) is 11.3. The Labute approximate surface area is 93.1 Å². The summed E-state index contributed by atoms with van der Waals surface area (Å²) in [5, 5.41) is 5.86. The predicted molar refractivity (Wildman–Crippen MR) is 52.8 cm³/mol. The zero-order valence-electron chi connectivity index (χ0n) is 8.58. The van der Waals surface area contributed by atoms with Crippen LogP contribution in [0, 0.1) is 0 Å². The minimum absolute atomic E-state index is 0.0780. The fourth-order valence-corrected chi connectivity index (χ4v) is 2.05. The Bertz CT molecular complexity index is 636. The van der Waals surface area contributed by atoms with E-state index in [1.165, 1.54) is 18.3 Å². The molecule has 0 aliphatic heterocycles. The van der Waals surface area contributed by atoms with Gasteiger partial charge in [0.05, 0.1) is 5.41 Å². The van der Waals surface area contributed by atoms with Crippen molar-refractivity contribution in [2.45, 2.75) is 24.4 Å². The topological polar surface area (TPSA) is 50.2 Å². The van der Waals surface area contributed by atoms with Gasteiger partial charge in [-0.15, -0.1) is 0 Å². The molecule has 2 aromatic heterocycles. The van der Waals surface area contributed by atoms with Crippen LogP contribution in [0.1, 0.15) is 18.4 Å². The third kappa shape index (κ3) is 1.31. The molecular formula is C10H8F3N3O. The van der Waals surface area contributed by atoms with E-state index < -0.39 is 17.3 Å². The van der Waals surface area contributed by atoms with Crippen molar-refractivity contribution in [3.63, 3.8) is 0 Å². The molecule has 0 unspecified atom stereocenters. The Balaban J connectivity index is 2.19. The zero-order valence-corrected chi connectivity index (χ0v) is 8.58. The molecule has 90 valence electrons. The molecule has 0 atom stereocenters. The van der Waals surface area contributed by atoms with Crippen molar-refractivity contribution < 1.29 is 13.2 Å². The molecule has 4 nitrogen and oxygen atoms in total. The number of alkyl halides is 3. The number of hydrogen-bond donors (Lipinski definition) is 1. The second-order valence-corrected chi connectivity index (χ2v) is 4.25. The summed E-state index contributed by atoms with van der Waals surface area (Å²) >= 11 is 0. The molecule has 0 radical (unpaired) electrons. The summed E-state index contributed by atoms with van der Waals surface area (Å²) in [5.74, 6) is 0. The largest absolute Gasteiger partial charge is 0.398 e. The van der Waals surface area contributed by atoms with Gasteiger partial charge in [0, 0.05) is 6.20 Å². The number of nitrogens with one attached hydrogen (secondary N) is 1. The first-order valence-electron chi connectivity index (χ1n) is 5.08. The van der Waals surface area contributed by atoms with E-state index in [-0.39, 0.29) is 18.4 Å². The van der Waals surface area contributed by atoms with Crippen molar-refractivity contribution >= 4 is 5.65 Å². The van der Waals surface area contributed by atoms with Crippen LogP contribution >= 0.6 is 0 Å². The lowest BCUT2D eigenvalue weighted by Crippen LogP contribution is -2.29. The molecule has 0 bridgehead atoms. The van der Waals surface area contributed by atoms with Gasteiger partial charge in [-0.2, -0.15) is 18.3 Å². The highest BCUT2D eigenvalue weighted by Gasteiger charge is 2.64. The van der Waals surface area contributed by atoms with Gasteiger partial charge in [0.25, 0.3) is 0 Å². The highest BCUT2D eigenvalue weighted by molar-refractivity contribution is 5.42. The van der Waals surface area contributed by atoms with Crippen molar-refractivity contribution in [1.29, 1.82) is 0 Å². The van der Waals surface area contributed by atoms with Gasteiger partial charge in [-0.3, -0.25) is 4.40 Å². The highest BCUT2D eigenvalue weighted by Crippen LogP contribution is 2.58. The van der Waals surface area contributed by atoms with Crippen LogP contribution in [0.25, 0.3) is 5.65 Å². The van der Waals surface area contributed by atoms with Gasteiger partial charge in [0.1, 0.15) is 0 Å². The monoisotopic (exact) mass is 243 g/mol. The summed E-state index contributed by atoms with van der Waals surface area (Å²) in [7, 11) is 0. The molecule has 1 aliphatic rings. The van der Waals surface area contributed by atoms with Gasteiger partial charge in [-0.1, -0.05) is 6.07 Å². The number of nitrogens with zero attached hydrogens (tertiary/aromatic N) is 2. The van der Waals surface area contributed by atoms with Crippen molar-refractivity contribution in [2.75, 3.05) is 0 Å². The summed E-state index contributed by atoms with van der Waals surface area (Å²) < 4.78 is 39.8. The number of rotatable bonds is 1. The average molecular weight is 243 g/mol. The number of pyridine rings is 1. The molecule has 1 fully saturated rings. The second kappa shape index (κ2) is 2.91. The number of H-pyrrole nitrogens is 1. The Kier molecular flexibility index (Phi) is 1.77. The number of halogens is 3. The van der Waals surface area contributed by atoms with E-state index in [2.05, 4.69) is 10.2 Å². The van der Waals surface area contributed by atoms with E-state index in [9.17, 15) is 18.0 Å². The fraction of sp³-hybridized carbons (Fsp3) is 0.400. The molecule has 2 heterocycles. The van der Waals surface area contributed by atoms with Gasteiger partial charge in [0.2, 0.25) is 0 Å². The molecule has 0 amide bonds. The van der Waals surface area contributed by atoms with Gasteiger partial charge in [-0.05, 0) is 24.5 Å². The zero-order chi connectivity index (χ0) is 12.3. The van der Waals surface area contributed by atoms with Gasteiger partial charge in [0.15, 0.2) is 5.65 Å². The van der Waals surface area contributed by atoms with Gasteiger partial charge >= 0.3 is 11.9 Å². The van der Waals surface area contributed by atoms with Crippen molar-refractivity contribution in [2.24, 2.45) is 0 Å².